The maximum Gasteiger partial charge on any atom is 0.0751 e. The van der Waals surface area contributed by atoms with E-state index in [-0.39, 0.29) is 0 Å². The van der Waals surface area contributed by atoms with Crippen molar-refractivity contribution in [3.05, 3.63) is 19.3 Å². The molecule has 1 radical (unpaired) electrons. The Morgan fingerprint density at radius 3 is 2.00 bits per heavy atom. The summed E-state index contributed by atoms with van der Waals surface area (Å²) in [6, 6.07) is 0. The van der Waals surface area contributed by atoms with Gasteiger partial charge in [-0.1, -0.05) is 0 Å². The van der Waals surface area contributed by atoms with E-state index in [0.717, 1.165) is 6.26 Å². The van der Waals surface area contributed by atoms with Crippen LogP contribution in [0.25, 0.3) is 0 Å². The Balaban J connectivity index is 2.55. The van der Waals surface area contributed by atoms with Gasteiger partial charge in [-0.3, -0.25) is 0 Å². The van der Waals surface area contributed by atoms with Crippen molar-refractivity contribution in [3.63, 3.8) is 0 Å². The van der Waals surface area contributed by atoms with Gasteiger partial charge in [0, 0.05) is 0 Å². The summed E-state index contributed by atoms with van der Waals surface area (Å²) in [6.45, 7) is 3.17. The molecule has 0 rings (SSSR count). The molecule has 0 saturated carbocycles. The van der Waals surface area contributed by atoms with Gasteiger partial charge < -0.3 is 5.11 Å². The fraction of sp³-hybridized carbons (Fsp3) is 0. The first-order valence-corrected chi connectivity index (χ1v) is 1.000. The Hall–Kier alpha value is -0.460. The monoisotopic (exact) mass is 57.0 g/mol. The lowest BCUT2D eigenvalue weighted by atomic mass is 10.8. The van der Waals surface area contributed by atoms with Crippen LogP contribution in [0.5, 0.6) is 0 Å². The van der Waals surface area contributed by atoms with Crippen LogP contribution in [-0.2, 0) is 0 Å². The molecule has 0 amide bonds. The lowest BCUT2D eigenvalue weighted by Crippen LogP contribution is -1.37. The maximum atomic E-state index is 7.63. The SMILES string of the molecule is [CH2]/C=C/O. The molecule has 23 valence electrons. The van der Waals surface area contributed by atoms with Crippen molar-refractivity contribution in [2.45, 2.75) is 0 Å². The van der Waals surface area contributed by atoms with E-state index in [0.29, 0.717) is 0 Å². The number of rotatable bonds is 0. The lowest BCUT2D eigenvalue weighted by Gasteiger charge is -1.53. The van der Waals surface area contributed by atoms with E-state index in [1.807, 2.05) is 0 Å². The van der Waals surface area contributed by atoms with Crippen molar-refractivity contribution in [2.24, 2.45) is 0 Å². The minimum absolute atomic E-state index is 0.889. The van der Waals surface area contributed by atoms with Crippen LogP contribution in [0.2, 0.25) is 0 Å². The van der Waals surface area contributed by atoms with Gasteiger partial charge in [0.05, 0.1) is 6.26 Å². The van der Waals surface area contributed by atoms with E-state index in [9.17, 15) is 0 Å². The first-order chi connectivity index (χ1) is 1.91. The molecule has 0 bridgehead atoms. The molecule has 0 saturated heterocycles. The molecule has 0 aliphatic rings. The predicted molar refractivity (Wildman–Crippen MR) is 17.1 cm³/mol. The summed E-state index contributed by atoms with van der Waals surface area (Å²) in [4.78, 5) is 0. The maximum absolute atomic E-state index is 7.63. The van der Waals surface area contributed by atoms with E-state index < -0.39 is 0 Å². The summed E-state index contributed by atoms with van der Waals surface area (Å²) in [5, 5.41) is 7.63. The first-order valence-electron chi connectivity index (χ1n) is 1.000. The zero-order chi connectivity index (χ0) is 3.41. The van der Waals surface area contributed by atoms with Gasteiger partial charge in [-0.25, -0.2) is 0 Å². The number of allylic oxidation sites excluding steroid dienone is 1. The third kappa shape index (κ3) is 1.54. The Morgan fingerprint density at radius 1 is 1.75 bits per heavy atom. The van der Waals surface area contributed by atoms with Gasteiger partial charge in [0.2, 0.25) is 0 Å². The average Bonchev–Trinajstić information content (AvgIpc) is 1.37. The minimum atomic E-state index is 0.889. The molecule has 0 aromatic rings. The van der Waals surface area contributed by atoms with Gasteiger partial charge in [0.1, 0.15) is 0 Å². The summed E-state index contributed by atoms with van der Waals surface area (Å²) in [6.07, 6.45) is 2.19. The van der Waals surface area contributed by atoms with Crippen LogP contribution in [-0.4, -0.2) is 5.11 Å². The van der Waals surface area contributed by atoms with Crippen molar-refractivity contribution in [1.29, 1.82) is 0 Å². The molecule has 0 unspecified atom stereocenters. The predicted octanol–water partition coefficient (Wildman–Crippen LogP) is 0.892. The zero-order valence-electron chi connectivity index (χ0n) is 2.31. The largest absolute Gasteiger partial charge is 0.516 e. The Kier molecular flexibility index (Phi) is 2.25. The third-order valence-electron chi connectivity index (χ3n) is 0.105. The zero-order valence-corrected chi connectivity index (χ0v) is 2.31. The third-order valence-corrected chi connectivity index (χ3v) is 0.105. The normalized spacial score (nSPS) is 9.25. The first kappa shape index (κ1) is 3.54. The Bertz CT molecular complexity index is 18.5. The van der Waals surface area contributed by atoms with Crippen molar-refractivity contribution < 1.29 is 5.11 Å². The lowest BCUT2D eigenvalue weighted by molar-refractivity contribution is 0.473. The molecule has 1 N–H and O–H groups in total. The number of aliphatic hydroxyl groups excluding tert-OH is 1. The van der Waals surface area contributed by atoms with Crippen LogP contribution in [0.1, 0.15) is 0 Å². The summed E-state index contributed by atoms with van der Waals surface area (Å²) in [7, 11) is 0. The van der Waals surface area contributed by atoms with Gasteiger partial charge in [-0.05, 0) is 13.0 Å². The highest BCUT2D eigenvalue weighted by molar-refractivity contribution is 4.72. The quantitative estimate of drug-likeness (QED) is 0.409. The van der Waals surface area contributed by atoms with E-state index >= 15 is 0 Å². The second-order valence-corrected chi connectivity index (χ2v) is 0.385. The van der Waals surface area contributed by atoms with E-state index in [1.54, 1.807) is 0 Å². The van der Waals surface area contributed by atoms with E-state index in [1.165, 1.54) is 6.08 Å². The molecule has 0 aromatic heterocycles. The van der Waals surface area contributed by atoms with Gasteiger partial charge in [0.15, 0.2) is 0 Å². The van der Waals surface area contributed by atoms with Gasteiger partial charge in [0.25, 0.3) is 0 Å². The number of aliphatic hydroxyl groups is 1. The second kappa shape index (κ2) is 2.54. The summed E-state index contributed by atoms with van der Waals surface area (Å²) in [5.41, 5.74) is 0. The van der Waals surface area contributed by atoms with E-state index in [2.05, 4.69) is 6.92 Å². The van der Waals surface area contributed by atoms with Crippen molar-refractivity contribution in [3.8, 4) is 0 Å². The standard InChI is InChI=1S/C3H5O/c1-2-3-4/h2-4H,1H2/b3-2+. The molecule has 0 spiro atoms. The fourth-order valence-corrected chi connectivity index (χ4v) is 0. The highest BCUT2D eigenvalue weighted by Crippen LogP contribution is 1.50. The van der Waals surface area contributed by atoms with Gasteiger partial charge in [-0.15, -0.1) is 0 Å². The van der Waals surface area contributed by atoms with Crippen molar-refractivity contribution in [1.82, 2.24) is 0 Å². The number of hydrogen-bond donors (Lipinski definition) is 1. The minimum Gasteiger partial charge on any atom is -0.516 e. The average molecular weight is 57.1 g/mol. The fourth-order valence-electron chi connectivity index (χ4n) is 0. The molecule has 0 atom stereocenters. The Labute approximate surface area is 25.6 Å². The van der Waals surface area contributed by atoms with Crippen LogP contribution < -0.4 is 0 Å². The summed E-state index contributed by atoms with van der Waals surface area (Å²) >= 11 is 0. The molecular formula is C3H5O. The molecule has 0 fully saturated rings. The molecule has 0 aliphatic heterocycles. The molecule has 0 aromatic carbocycles. The molecule has 0 heterocycles. The summed E-state index contributed by atoms with van der Waals surface area (Å²) in [5.74, 6) is 0. The van der Waals surface area contributed by atoms with Crippen molar-refractivity contribution >= 4 is 0 Å². The van der Waals surface area contributed by atoms with Crippen LogP contribution in [0.4, 0.5) is 0 Å². The molecule has 1 heteroatoms. The van der Waals surface area contributed by atoms with Gasteiger partial charge in [-0.2, -0.15) is 0 Å². The second-order valence-electron chi connectivity index (χ2n) is 0.385. The van der Waals surface area contributed by atoms with Crippen LogP contribution >= 0.6 is 0 Å². The topological polar surface area (TPSA) is 20.2 Å². The highest BCUT2D eigenvalue weighted by atomic mass is 16.2. The number of hydrogen-bond acceptors (Lipinski definition) is 1. The van der Waals surface area contributed by atoms with Crippen molar-refractivity contribution in [2.75, 3.05) is 0 Å². The molecule has 4 heavy (non-hydrogen) atoms. The molecule has 0 aliphatic carbocycles. The smallest absolute Gasteiger partial charge is 0.0751 e. The van der Waals surface area contributed by atoms with Crippen LogP contribution in [0, 0.1) is 6.92 Å². The van der Waals surface area contributed by atoms with E-state index in [4.69, 9.17) is 5.11 Å². The van der Waals surface area contributed by atoms with Crippen LogP contribution in [0.3, 0.4) is 0 Å². The highest BCUT2D eigenvalue weighted by Gasteiger charge is 1.35. The Morgan fingerprint density at radius 2 is 2.00 bits per heavy atom. The molecule has 1 nitrogen and oxygen atoms in total. The van der Waals surface area contributed by atoms with Crippen LogP contribution in [0.15, 0.2) is 12.3 Å². The van der Waals surface area contributed by atoms with Gasteiger partial charge >= 0.3 is 0 Å². The molecular weight excluding hydrogens is 52.0 g/mol. The summed E-state index contributed by atoms with van der Waals surface area (Å²) < 4.78 is 0.